The Morgan fingerprint density at radius 3 is 2.39 bits per heavy atom. The molecule has 1 atom stereocenters. The lowest BCUT2D eigenvalue weighted by Crippen LogP contribution is -2.50. The Morgan fingerprint density at radius 1 is 1.28 bits per heavy atom. The molecule has 3 nitrogen and oxygen atoms in total. The van der Waals surface area contributed by atoms with Gasteiger partial charge in [0.25, 0.3) is 0 Å². The van der Waals surface area contributed by atoms with Crippen molar-refractivity contribution < 1.29 is 9.90 Å². The van der Waals surface area contributed by atoms with Crippen molar-refractivity contribution in [2.24, 2.45) is 10.8 Å². The van der Waals surface area contributed by atoms with Crippen LogP contribution in [0.4, 0.5) is 0 Å². The Labute approximate surface area is 114 Å². The molecule has 0 aliphatic carbocycles. The van der Waals surface area contributed by atoms with Gasteiger partial charge in [-0.15, -0.1) is 0 Å². The van der Waals surface area contributed by atoms with Crippen LogP contribution >= 0.6 is 11.8 Å². The molecule has 0 aromatic carbocycles. The van der Waals surface area contributed by atoms with Gasteiger partial charge in [-0.1, -0.05) is 13.8 Å². The molecule has 4 heteroatoms. The van der Waals surface area contributed by atoms with E-state index < -0.39 is 11.4 Å². The lowest BCUT2D eigenvalue weighted by atomic mass is 9.79. The second-order valence-electron chi connectivity index (χ2n) is 6.94. The maximum atomic E-state index is 11.2. The summed E-state index contributed by atoms with van der Waals surface area (Å²) in [5.74, 6) is 1.85. The van der Waals surface area contributed by atoms with Gasteiger partial charge in [-0.2, -0.15) is 11.8 Å². The van der Waals surface area contributed by atoms with E-state index in [0.29, 0.717) is 11.5 Å². The van der Waals surface area contributed by atoms with Crippen molar-refractivity contribution in [3.63, 3.8) is 0 Å². The van der Waals surface area contributed by atoms with Crippen molar-refractivity contribution in [1.82, 2.24) is 4.90 Å². The van der Waals surface area contributed by atoms with E-state index in [0.717, 1.165) is 25.9 Å². The van der Waals surface area contributed by atoms with Gasteiger partial charge in [-0.3, -0.25) is 9.69 Å². The van der Waals surface area contributed by atoms with Gasteiger partial charge in [0.15, 0.2) is 0 Å². The second-order valence-corrected chi connectivity index (χ2v) is 7.97. The molecule has 0 radical (unpaired) electrons. The van der Waals surface area contributed by atoms with E-state index in [9.17, 15) is 9.90 Å². The first kappa shape index (κ1) is 14.2. The third-order valence-corrected chi connectivity index (χ3v) is 6.13. The van der Waals surface area contributed by atoms with E-state index in [2.05, 4.69) is 30.5 Å². The molecule has 1 unspecified atom stereocenters. The number of likely N-dealkylation sites (tertiary alicyclic amines) is 1. The Morgan fingerprint density at radius 2 is 1.89 bits per heavy atom. The number of hydrogen-bond acceptors (Lipinski definition) is 3. The molecule has 18 heavy (non-hydrogen) atoms. The Bertz CT molecular complexity index is 322. The van der Waals surface area contributed by atoms with E-state index >= 15 is 0 Å². The van der Waals surface area contributed by atoms with Gasteiger partial charge in [-0.25, -0.2) is 0 Å². The van der Waals surface area contributed by atoms with Crippen molar-refractivity contribution in [1.29, 1.82) is 0 Å². The molecular formula is C14H25NO2S. The summed E-state index contributed by atoms with van der Waals surface area (Å²) in [6.45, 7) is 8.48. The van der Waals surface area contributed by atoms with Gasteiger partial charge in [0.05, 0.1) is 5.41 Å². The van der Waals surface area contributed by atoms with Crippen LogP contribution in [0.25, 0.3) is 0 Å². The number of carboxylic acid groups (broad SMARTS) is 1. The van der Waals surface area contributed by atoms with E-state index in [1.807, 2.05) is 6.92 Å². The molecule has 0 aromatic heterocycles. The molecule has 0 spiro atoms. The summed E-state index contributed by atoms with van der Waals surface area (Å²) in [7, 11) is 0. The van der Waals surface area contributed by atoms with Crippen LogP contribution in [-0.2, 0) is 4.79 Å². The second kappa shape index (κ2) is 5.04. The zero-order valence-corrected chi connectivity index (χ0v) is 12.6. The smallest absolute Gasteiger partial charge is 0.309 e. The lowest BCUT2D eigenvalue weighted by molar-refractivity contribution is -0.151. The van der Waals surface area contributed by atoms with Crippen molar-refractivity contribution in [3.05, 3.63) is 0 Å². The Hall–Kier alpha value is -0.220. The molecule has 2 fully saturated rings. The fraction of sp³-hybridized carbons (Fsp3) is 0.929. The summed E-state index contributed by atoms with van der Waals surface area (Å²) >= 11 is 2.05. The standard InChI is InChI=1S/C14H25NO2S/c1-13(2)8-11(9-18-10-13)15-6-4-14(3,5-7-15)12(16)17/h11H,4-10H2,1-3H3,(H,16,17). The van der Waals surface area contributed by atoms with E-state index in [-0.39, 0.29) is 0 Å². The van der Waals surface area contributed by atoms with Gasteiger partial charge >= 0.3 is 5.97 Å². The normalized spacial score (nSPS) is 32.1. The molecule has 104 valence electrons. The van der Waals surface area contributed by atoms with Crippen LogP contribution in [0.5, 0.6) is 0 Å². The van der Waals surface area contributed by atoms with Gasteiger partial charge in [-0.05, 0) is 50.4 Å². The number of nitrogens with zero attached hydrogens (tertiary/aromatic N) is 1. The first-order chi connectivity index (χ1) is 8.32. The van der Waals surface area contributed by atoms with E-state index in [4.69, 9.17) is 0 Å². The van der Waals surface area contributed by atoms with Crippen LogP contribution in [0.3, 0.4) is 0 Å². The average Bonchev–Trinajstić information content (AvgIpc) is 2.28. The van der Waals surface area contributed by atoms with Gasteiger partial charge in [0.1, 0.15) is 0 Å². The zero-order chi connectivity index (χ0) is 13.4. The molecule has 2 heterocycles. The summed E-state index contributed by atoms with van der Waals surface area (Å²) in [5.41, 5.74) is -0.0606. The van der Waals surface area contributed by atoms with Crippen molar-refractivity contribution in [2.75, 3.05) is 24.6 Å². The SMILES string of the molecule is CC1(C)CSCC(N2CCC(C)(C(=O)O)CC2)C1. The molecule has 2 aliphatic rings. The minimum atomic E-state index is -0.625. The summed E-state index contributed by atoms with van der Waals surface area (Å²) in [6.07, 6.45) is 2.84. The molecule has 0 saturated carbocycles. The molecule has 1 N–H and O–H groups in total. The quantitative estimate of drug-likeness (QED) is 0.838. The van der Waals surface area contributed by atoms with Crippen LogP contribution in [0.15, 0.2) is 0 Å². The highest BCUT2D eigenvalue weighted by Crippen LogP contribution is 2.38. The van der Waals surface area contributed by atoms with Crippen molar-refractivity contribution in [3.8, 4) is 0 Å². The predicted octanol–water partition coefficient (Wildman–Crippen LogP) is 2.70. The Balaban J connectivity index is 1.92. The number of thioether (sulfide) groups is 1. The number of hydrogen-bond donors (Lipinski definition) is 1. The number of aliphatic carboxylic acids is 1. The van der Waals surface area contributed by atoms with Crippen molar-refractivity contribution >= 4 is 17.7 Å². The molecule has 2 aliphatic heterocycles. The fourth-order valence-corrected chi connectivity index (χ4v) is 4.45. The van der Waals surface area contributed by atoms with Crippen LogP contribution in [0.2, 0.25) is 0 Å². The zero-order valence-electron chi connectivity index (χ0n) is 11.7. The maximum absolute atomic E-state index is 11.2. The molecule has 2 saturated heterocycles. The van der Waals surface area contributed by atoms with Crippen LogP contribution in [-0.4, -0.2) is 46.6 Å². The average molecular weight is 271 g/mol. The minimum Gasteiger partial charge on any atom is -0.481 e. The van der Waals surface area contributed by atoms with Gasteiger partial charge < -0.3 is 5.11 Å². The molecule has 0 amide bonds. The highest BCUT2D eigenvalue weighted by atomic mass is 32.2. The monoisotopic (exact) mass is 271 g/mol. The first-order valence-corrected chi connectivity index (χ1v) is 8.03. The number of rotatable bonds is 2. The third kappa shape index (κ3) is 3.02. The maximum Gasteiger partial charge on any atom is 0.309 e. The topological polar surface area (TPSA) is 40.5 Å². The lowest BCUT2D eigenvalue weighted by Gasteiger charge is -2.45. The first-order valence-electron chi connectivity index (χ1n) is 6.88. The minimum absolute atomic E-state index is 0.432. The summed E-state index contributed by atoms with van der Waals surface area (Å²) < 4.78 is 0. The highest BCUT2D eigenvalue weighted by Gasteiger charge is 2.40. The molecule has 2 rings (SSSR count). The predicted molar refractivity (Wildman–Crippen MR) is 76.1 cm³/mol. The molecule has 0 bridgehead atoms. The number of carboxylic acids is 1. The molecular weight excluding hydrogens is 246 g/mol. The number of piperidine rings is 1. The third-order valence-electron chi connectivity index (χ3n) is 4.53. The largest absolute Gasteiger partial charge is 0.481 e. The fourth-order valence-electron chi connectivity index (χ4n) is 3.06. The number of carbonyl (C=O) groups is 1. The van der Waals surface area contributed by atoms with Gasteiger partial charge in [0.2, 0.25) is 0 Å². The van der Waals surface area contributed by atoms with E-state index in [1.165, 1.54) is 17.9 Å². The van der Waals surface area contributed by atoms with E-state index in [1.54, 1.807) is 0 Å². The summed E-state index contributed by atoms with van der Waals surface area (Å²) in [6, 6.07) is 0.650. The van der Waals surface area contributed by atoms with Crippen LogP contribution in [0.1, 0.15) is 40.0 Å². The van der Waals surface area contributed by atoms with Gasteiger partial charge in [0, 0.05) is 11.8 Å². The summed E-state index contributed by atoms with van der Waals surface area (Å²) in [5, 5.41) is 9.25. The summed E-state index contributed by atoms with van der Waals surface area (Å²) in [4.78, 5) is 13.8. The van der Waals surface area contributed by atoms with Crippen molar-refractivity contribution in [2.45, 2.75) is 46.1 Å². The van der Waals surface area contributed by atoms with Crippen LogP contribution < -0.4 is 0 Å². The molecule has 0 aromatic rings. The highest BCUT2D eigenvalue weighted by molar-refractivity contribution is 7.99. The Kier molecular flexibility index (Phi) is 3.98. The van der Waals surface area contributed by atoms with Crippen LogP contribution in [0, 0.1) is 10.8 Å².